The molecule has 1 aliphatic heterocycles. The number of likely N-dealkylation sites (N-methyl/N-ethyl adjacent to an activating group) is 1. The summed E-state index contributed by atoms with van der Waals surface area (Å²) in [6, 6.07) is 9.33. The Morgan fingerprint density at radius 1 is 1.38 bits per heavy atom. The van der Waals surface area contributed by atoms with Crippen molar-refractivity contribution in [2.45, 2.75) is 12.0 Å². The Hall–Kier alpha value is -1.79. The highest BCUT2D eigenvalue weighted by Gasteiger charge is 2.42. The van der Waals surface area contributed by atoms with Crippen LogP contribution < -0.4 is 0 Å². The minimum atomic E-state index is -1.50. The molecule has 3 heteroatoms. The summed E-state index contributed by atoms with van der Waals surface area (Å²) in [6.07, 6.45) is 0.377. The lowest BCUT2D eigenvalue weighted by Gasteiger charge is -2.13. The van der Waals surface area contributed by atoms with Crippen LogP contribution in [-0.4, -0.2) is 35.1 Å². The van der Waals surface area contributed by atoms with Crippen molar-refractivity contribution in [2.75, 3.05) is 13.6 Å². The average molecular weight is 215 g/mol. The van der Waals surface area contributed by atoms with Crippen LogP contribution in [-0.2, 0) is 4.79 Å². The summed E-state index contributed by atoms with van der Waals surface area (Å²) < 4.78 is 0. The molecule has 82 valence electrons. The lowest BCUT2D eigenvalue weighted by atomic mass is 10.0. The molecule has 2 rings (SSSR count). The van der Waals surface area contributed by atoms with Crippen LogP contribution in [0.1, 0.15) is 12.0 Å². The molecule has 1 heterocycles. The van der Waals surface area contributed by atoms with Gasteiger partial charge in [0.25, 0.3) is 5.91 Å². The van der Waals surface area contributed by atoms with E-state index in [9.17, 15) is 9.90 Å². The molecule has 1 aliphatic rings. The highest BCUT2D eigenvalue weighted by molar-refractivity contribution is 5.90. The number of aliphatic hydroxyl groups is 1. The second-order valence-corrected chi connectivity index (χ2v) is 3.95. The molecule has 1 fully saturated rings. The molecule has 0 bridgehead atoms. The van der Waals surface area contributed by atoms with Crippen molar-refractivity contribution < 1.29 is 9.90 Å². The van der Waals surface area contributed by atoms with Crippen LogP contribution in [0.3, 0.4) is 0 Å². The van der Waals surface area contributed by atoms with Gasteiger partial charge >= 0.3 is 0 Å². The number of likely N-dealkylation sites (tertiary alicyclic amines) is 1. The zero-order valence-corrected chi connectivity index (χ0v) is 9.10. The van der Waals surface area contributed by atoms with Gasteiger partial charge in [-0.15, -0.1) is 0 Å². The van der Waals surface area contributed by atoms with Crippen LogP contribution in [0.2, 0.25) is 0 Å². The molecule has 0 aliphatic carbocycles. The summed E-state index contributed by atoms with van der Waals surface area (Å²) in [4.78, 5) is 13.1. The van der Waals surface area contributed by atoms with Gasteiger partial charge in [-0.2, -0.15) is 0 Å². The van der Waals surface area contributed by atoms with Gasteiger partial charge < -0.3 is 10.0 Å². The number of carbonyl (C=O) groups is 1. The Bertz CT molecular complexity index is 458. The van der Waals surface area contributed by atoms with Gasteiger partial charge in [0.05, 0.1) is 0 Å². The minimum absolute atomic E-state index is 0.309. The van der Waals surface area contributed by atoms with E-state index in [1.54, 1.807) is 7.05 Å². The largest absolute Gasteiger partial charge is 0.369 e. The first-order chi connectivity index (χ1) is 7.62. The zero-order chi connectivity index (χ0) is 11.6. The Morgan fingerprint density at radius 3 is 2.62 bits per heavy atom. The maximum absolute atomic E-state index is 11.6. The highest BCUT2D eigenvalue weighted by atomic mass is 16.3. The summed E-state index contributed by atoms with van der Waals surface area (Å²) >= 11 is 0. The second-order valence-electron chi connectivity index (χ2n) is 3.95. The first kappa shape index (κ1) is 10.7. The van der Waals surface area contributed by atoms with Crippen LogP contribution in [0.4, 0.5) is 0 Å². The van der Waals surface area contributed by atoms with Gasteiger partial charge in [-0.3, -0.25) is 4.79 Å². The van der Waals surface area contributed by atoms with Crippen molar-refractivity contribution in [3.63, 3.8) is 0 Å². The summed E-state index contributed by atoms with van der Waals surface area (Å²) in [5.41, 5.74) is -0.691. The van der Waals surface area contributed by atoms with Crippen LogP contribution in [0.25, 0.3) is 0 Å². The van der Waals surface area contributed by atoms with E-state index in [-0.39, 0.29) is 5.91 Å². The number of hydrogen-bond acceptors (Lipinski definition) is 2. The highest BCUT2D eigenvalue weighted by Crippen LogP contribution is 2.20. The van der Waals surface area contributed by atoms with E-state index in [2.05, 4.69) is 11.8 Å². The molecule has 1 aromatic rings. The summed E-state index contributed by atoms with van der Waals surface area (Å²) in [6.45, 7) is 0.554. The van der Waals surface area contributed by atoms with E-state index in [0.717, 1.165) is 5.56 Å². The summed E-state index contributed by atoms with van der Waals surface area (Å²) in [7, 11) is 1.67. The Labute approximate surface area is 94.7 Å². The van der Waals surface area contributed by atoms with Gasteiger partial charge in [0, 0.05) is 25.6 Å². The lowest BCUT2D eigenvalue weighted by molar-refractivity contribution is -0.137. The van der Waals surface area contributed by atoms with Crippen LogP contribution in [0.15, 0.2) is 30.3 Å². The third-order valence-corrected chi connectivity index (χ3v) is 2.70. The number of carbonyl (C=O) groups excluding carboxylic acids is 1. The average Bonchev–Trinajstić information content (AvgIpc) is 2.57. The molecule has 1 aromatic carbocycles. The van der Waals surface area contributed by atoms with Gasteiger partial charge in [-0.05, 0) is 12.1 Å². The Balaban J connectivity index is 2.23. The summed E-state index contributed by atoms with van der Waals surface area (Å²) in [5.74, 6) is 5.19. The number of rotatable bonds is 0. The first-order valence-corrected chi connectivity index (χ1v) is 5.18. The third-order valence-electron chi connectivity index (χ3n) is 2.70. The molecular weight excluding hydrogens is 202 g/mol. The fraction of sp³-hybridized carbons (Fsp3) is 0.308. The molecule has 1 amide bonds. The molecule has 0 spiro atoms. The van der Waals surface area contributed by atoms with Crippen LogP contribution in [0, 0.1) is 11.8 Å². The quantitative estimate of drug-likeness (QED) is 0.645. The van der Waals surface area contributed by atoms with Gasteiger partial charge in [-0.25, -0.2) is 0 Å². The number of hydrogen-bond donors (Lipinski definition) is 1. The van der Waals surface area contributed by atoms with E-state index < -0.39 is 5.60 Å². The maximum atomic E-state index is 11.6. The molecule has 0 saturated carbocycles. The monoisotopic (exact) mass is 215 g/mol. The first-order valence-electron chi connectivity index (χ1n) is 5.18. The topological polar surface area (TPSA) is 40.5 Å². The number of nitrogens with zero attached hydrogens (tertiary/aromatic N) is 1. The van der Waals surface area contributed by atoms with Crippen molar-refractivity contribution in [1.29, 1.82) is 0 Å². The van der Waals surface area contributed by atoms with Crippen molar-refractivity contribution in [3.05, 3.63) is 35.9 Å². The van der Waals surface area contributed by atoms with E-state index >= 15 is 0 Å². The van der Waals surface area contributed by atoms with Crippen molar-refractivity contribution in [2.24, 2.45) is 0 Å². The molecule has 0 unspecified atom stereocenters. The maximum Gasteiger partial charge on any atom is 0.267 e. The minimum Gasteiger partial charge on any atom is -0.369 e. The van der Waals surface area contributed by atoms with Gasteiger partial charge in [0.15, 0.2) is 0 Å². The van der Waals surface area contributed by atoms with E-state index in [1.807, 2.05) is 30.3 Å². The smallest absolute Gasteiger partial charge is 0.267 e. The van der Waals surface area contributed by atoms with Gasteiger partial charge in [0.1, 0.15) is 0 Å². The van der Waals surface area contributed by atoms with Crippen molar-refractivity contribution in [3.8, 4) is 11.8 Å². The van der Waals surface area contributed by atoms with Gasteiger partial charge in [0.2, 0.25) is 5.60 Å². The molecule has 1 N–H and O–H groups in total. The predicted octanol–water partition coefficient (Wildman–Crippen LogP) is 0.631. The molecule has 0 aromatic heterocycles. The molecule has 3 nitrogen and oxygen atoms in total. The molecule has 1 atom stereocenters. The lowest BCUT2D eigenvalue weighted by Crippen LogP contribution is -2.37. The standard InChI is InChI=1S/C13H13NO2/c1-14-10-9-13(16,12(14)15)8-7-11-5-3-2-4-6-11/h2-6,16H,9-10H2,1H3/t13-/m1/s1. The Kier molecular flexibility index (Phi) is 2.67. The molecule has 16 heavy (non-hydrogen) atoms. The van der Waals surface area contributed by atoms with E-state index in [0.29, 0.717) is 13.0 Å². The fourth-order valence-electron chi connectivity index (χ4n) is 1.67. The normalized spacial score (nSPS) is 24.1. The molecule has 1 saturated heterocycles. The predicted molar refractivity (Wildman–Crippen MR) is 60.5 cm³/mol. The number of amides is 1. The van der Waals surface area contributed by atoms with E-state index in [1.165, 1.54) is 4.90 Å². The fourth-order valence-corrected chi connectivity index (χ4v) is 1.67. The van der Waals surface area contributed by atoms with Gasteiger partial charge in [-0.1, -0.05) is 30.0 Å². The van der Waals surface area contributed by atoms with E-state index in [4.69, 9.17) is 0 Å². The SMILES string of the molecule is CN1CC[C@](O)(C#Cc2ccccc2)C1=O. The van der Waals surface area contributed by atoms with Crippen molar-refractivity contribution >= 4 is 5.91 Å². The third kappa shape index (κ3) is 1.93. The second kappa shape index (κ2) is 3.99. The molecular formula is C13H13NO2. The zero-order valence-electron chi connectivity index (χ0n) is 9.10. The number of benzene rings is 1. The summed E-state index contributed by atoms with van der Waals surface area (Å²) in [5, 5.41) is 10.0. The van der Waals surface area contributed by atoms with Crippen LogP contribution >= 0.6 is 0 Å². The Morgan fingerprint density at radius 2 is 2.06 bits per heavy atom. The van der Waals surface area contributed by atoms with Crippen LogP contribution in [0.5, 0.6) is 0 Å². The molecule has 0 radical (unpaired) electrons. The van der Waals surface area contributed by atoms with Crippen molar-refractivity contribution in [1.82, 2.24) is 4.90 Å².